The summed E-state index contributed by atoms with van der Waals surface area (Å²) in [5.41, 5.74) is 2.16. The van der Waals surface area contributed by atoms with E-state index in [-0.39, 0.29) is 17.4 Å². The second-order valence-corrected chi connectivity index (χ2v) is 9.39. The number of carbonyl (C=O) groups is 1. The Morgan fingerprint density at radius 3 is 2.17 bits per heavy atom. The molecule has 164 valence electrons. The first-order valence-corrected chi connectivity index (χ1v) is 11.3. The number of benzene rings is 2. The molecule has 0 aromatic heterocycles. The van der Waals surface area contributed by atoms with E-state index in [1.807, 2.05) is 39.0 Å². The van der Waals surface area contributed by atoms with Crippen molar-refractivity contribution >= 4 is 15.9 Å². The van der Waals surface area contributed by atoms with E-state index in [1.54, 1.807) is 12.1 Å². The van der Waals surface area contributed by atoms with Gasteiger partial charge >= 0.3 is 0 Å². The van der Waals surface area contributed by atoms with Gasteiger partial charge in [-0.05, 0) is 67.8 Å². The number of sulfonamides is 1. The van der Waals surface area contributed by atoms with Crippen molar-refractivity contribution in [2.45, 2.75) is 38.2 Å². The fraction of sp³-hybridized carbons (Fsp3) is 0.409. The average molecular weight is 435 g/mol. The Hall–Kier alpha value is -2.58. The van der Waals surface area contributed by atoms with Gasteiger partial charge in [-0.1, -0.05) is 13.0 Å². The third-order valence-electron chi connectivity index (χ3n) is 4.41. The lowest BCUT2D eigenvalue weighted by Crippen LogP contribution is -2.39. The first-order chi connectivity index (χ1) is 14.1. The van der Waals surface area contributed by atoms with Crippen LogP contribution in [0.25, 0.3) is 0 Å². The lowest BCUT2D eigenvalue weighted by Gasteiger charge is -2.18. The van der Waals surface area contributed by atoms with Crippen LogP contribution in [0.1, 0.15) is 24.5 Å². The molecule has 0 heterocycles. The normalized spacial score (nSPS) is 12.5. The zero-order valence-corrected chi connectivity index (χ0v) is 19.0. The summed E-state index contributed by atoms with van der Waals surface area (Å²) in [5, 5.41) is 2.81. The SMILES string of the molecule is CCC(Oc1cc(C)cc(C)c1)C(=O)NCCOc1ccc(S(=O)(=O)N(C)C)cc1. The summed E-state index contributed by atoms with van der Waals surface area (Å²) in [6.45, 7) is 6.43. The molecule has 30 heavy (non-hydrogen) atoms. The van der Waals surface area contributed by atoms with Crippen LogP contribution in [0.15, 0.2) is 47.4 Å². The predicted octanol–water partition coefficient (Wildman–Crippen LogP) is 2.91. The van der Waals surface area contributed by atoms with E-state index in [4.69, 9.17) is 9.47 Å². The van der Waals surface area contributed by atoms with Crippen molar-refractivity contribution in [3.8, 4) is 11.5 Å². The van der Waals surface area contributed by atoms with E-state index in [0.29, 0.717) is 24.5 Å². The number of rotatable bonds is 10. The average Bonchev–Trinajstić information content (AvgIpc) is 2.68. The number of ether oxygens (including phenoxy) is 2. The van der Waals surface area contributed by atoms with Crippen LogP contribution in [0.3, 0.4) is 0 Å². The quantitative estimate of drug-likeness (QED) is 0.581. The molecule has 1 atom stereocenters. The predicted molar refractivity (Wildman–Crippen MR) is 116 cm³/mol. The van der Waals surface area contributed by atoms with Gasteiger partial charge in [0.05, 0.1) is 11.4 Å². The summed E-state index contributed by atoms with van der Waals surface area (Å²) >= 11 is 0. The molecule has 1 amide bonds. The third-order valence-corrected chi connectivity index (χ3v) is 6.24. The van der Waals surface area contributed by atoms with Crippen molar-refractivity contribution < 1.29 is 22.7 Å². The van der Waals surface area contributed by atoms with Crippen LogP contribution in [0, 0.1) is 13.8 Å². The number of nitrogens with one attached hydrogen (secondary N) is 1. The van der Waals surface area contributed by atoms with Gasteiger partial charge in [0.25, 0.3) is 5.91 Å². The highest BCUT2D eigenvalue weighted by Crippen LogP contribution is 2.19. The molecule has 0 aliphatic carbocycles. The number of nitrogens with zero attached hydrogens (tertiary/aromatic N) is 1. The van der Waals surface area contributed by atoms with Crippen LogP contribution < -0.4 is 14.8 Å². The molecule has 0 radical (unpaired) electrons. The lowest BCUT2D eigenvalue weighted by atomic mass is 10.1. The van der Waals surface area contributed by atoms with E-state index >= 15 is 0 Å². The molecular formula is C22H30N2O5S. The molecule has 0 saturated heterocycles. The van der Waals surface area contributed by atoms with Gasteiger partial charge in [-0.2, -0.15) is 0 Å². The molecule has 0 aliphatic heterocycles. The van der Waals surface area contributed by atoms with Crippen LogP contribution in [0.5, 0.6) is 11.5 Å². The van der Waals surface area contributed by atoms with Gasteiger partial charge < -0.3 is 14.8 Å². The molecule has 8 heteroatoms. The molecule has 2 rings (SSSR count). The molecule has 7 nitrogen and oxygen atoms in total. The fourth-order valence-corrected chi connectivity index (χ4v) is 3.76. The molecule has 1 unspecified atom stereocenters. The zero-order valence-electron chi connectivity index (χ0n) is 18.1. The summed E-state index contributed by atoms with van der Waals surface area (Å²) in [7, 11) is -0.503. The van der Waals surface area contributed by atoms with Gasteiger partial charge in [0.1, 0.15) is 18.1 Å². The minimum Gasteiger partial charge on any atom is -0.492 e. The maximum atomic E-state index is 12.4. The first kappa shape index (κ1) is 23.7. The van der Waals surface area contributed by atoms with E-state index in [9.17, 15) is 13.2 Å². The van der Waals surface area contributed by atoms with Gasteiger partial charge in [0, 0.05) is 14.1 Å². The van der Waals surface area contributed by atoms with E-state index < -0.39 is 16.1 Å². The number of aryl methyl sites for hydroxylation is 2. The number of hydrogen-bond acceptors (Lipinski definition) is 5. The molecule has 2 aromatic rings. The number of amides is 1. The molecule has 0 aliphatic rings. The molecule has 1 N–H and O–H groups in total. The topological polar surface area (TPSA) is 84.9 Å². The molecule has 0 spiro atoms. The van der Waals surface area contributed by atoms with Crippen LogP contribution in [-0.4, -0.2) is 52.0 Å². The summed E-state index contributed by atoms with van der Waals surface area (Å²) in [6.07, 6.45) is -0.0386. The summed E-state index contributed by atoms with van der Waals surface area (Å²) in [6, 6.07) is 12.0. The zero-order chi connectivity index (χ0) is 22.3. The number of hydrogen-bond donors (Lipinski definition) is 1. The van der Waals surface area contributed by atoms with Crippen molar-refractivity contribution in [1.29, 1.82) is 0 Å². The van der Waals surface area contributed by atoms with Crippen molar-refractivity contribution in [2.24, 2.45) is 0 Å². The van der Waals surface area contributed by atoms with E-state index in [0.717, 1.165) is 15.4 Å². The molecule has 2 aromatic carbocycles. The third kappa shape index (κ3) is 6.47. The Morgan fingerprint density at radius 2 is 1.63 bits per heavy atom. The Morgan fingerprint density at radius 1 is 1.03 bits per heavy atom. The van der Waals surface area contributed by atoms with Crippen molar-refractivity contribution in [3.63, 3.8) is 0 Å². The van der Waals surface area contributed by atoms with Gasteiger partial charge in [-0.15, -0.1) is 0 Å². The second kappa shape index (κ2) is 10.4. The highest BCUT2D eigenvalue weighted by molar-refractivity contribution is 7.89. The Balaban J connectivity index is 1.83. The number of carbonyl (C=O) groups excluding carboxylic acids is 1. The van der Waals surface area contributed by atoms with Crippen molar-refractivity contribution in [1.82, 2.24) is 9.62 Å². The minimum atomic E-state index is -3.47. The Kier molecular flexibility index (Phi) is 8.25. The fourth-order valence-electron chi connectivity index (χ4n) is 2.86. The molecule has 0 fully saturated rings. The Labute approximate surface area is 179 Å². The van der Waals surface area contributed by atoms with Crippen molar-refractivity contribution in [2.75, 3.05) is 27.2 Å². The molecule has 0 bridgehead atoms. The molecule has 0 saturated carbocycles. The summed E-state index contributed by atoms with van der Waals surface area (Å²) in [4.78, 5) is 12.6. The van der Waals surface area contributed by atoms with E-state index in [1.165, 1.54) is 26.2 Å². The summed E-state index contributed by atoms with van der Waals surface area (Å²) in [5.74, 6) is 1.01. The van der Waals surface area contributed by atoms with Crippen LogP contribution >= 0.6 is 0 Å². The standard InChI is InChI=1S/C22H30N2O5S/c1-6-21(29-19-14-16(2)13-17(3)15-19)22(25)23-11-12-28-18-7-9-20(10-8-18)30(26,27)24(4)5/h7-10,13-15,21H,6,11-12H2,1-5H3,(H,23,25). The van der Waals surface area contributed by atoms with Crippen molar-refractivity contribution in [3.05, 3.63) is 53.6 Å². The lowest BCUT2D eigenvalue weighted by molar-refractivity contribution is -0.128. The van der Waals surface area contributed by atoms with Gasteiger partial charge in [0.15, 0.2) is 6.10 Å². The maximum absolute atomic E-state index is 12.4. The highest BCUT2D eigenvalue weighted by atomic mass is 32.2. The van der Waals surface area contributed by atoms with Crippen LogP contribution in [-0.2, 0) is 14.8 Å². The first-order valence-electron chi connectivity index (χ1n) is 9.81. The monoisotopic (exact) mass is 434 g/mol. The smallest absolute Gasteiger partial charge is 0.261 e. The van der Waals surface area contributed by atoms with Crippen LogP contribution in [0.4, 0.5) is 0 Å². The summed E-state index contributed by atoms with van der Waals surface area (Å²) < 4.78 is 36.7. The largest absolute Gasteiger partial charge is 0.492 e. The Bertz CT molecular complexity index is 936. The minimum absolute atomic E-state index is 0.197. The second-order valence-electron chi connectivity index (χ2n) is 7.24. The van der Waals surface area contributed by atoms with Gasteiger partial charge in [0.2, 0.25) is 10.0 Å². The van der Waals surface area contributed by atoms with Crippen LogP contribution in [0.2, 0.25) is 0 Å². The maximum Gasteiger partial charge on any atom is 0.261 e. The van der Waals surface area contributed by atoms with E-state index in [2.05, 4.69) is 5.32 Å². The van der Waals surface area contributed by atoms with Gasteiger partial charge in [-0.25, -0.2) is 12.7 Å². The highest BCUT2D eigenvalue weighted by Gasteiger charge is 2.19. The van der Waals surface area contributed by atoms with Gasteiger partial charge in [-0.3, -0.25) is 4.79 Å². The molecular weight excluding hydrogens is 404 g/mol.